The van der Waals surface area contributed by atoms with Gasteiger partial charge in [0.15, 0.2) is 0 Å². The van der Waals surface area contributed by atoms with Crippen molar-refractivity contribution in [1.29, 1.82) is 0 Å². The number of aromatic nitrogens is 1. The Morgan fingerprint density at radius 3 is 2.52 bits per heavy atom. The van der Waals surface area contributed by atoms with Crippen molar-refractivity contribution in [3.8, 4) is 11.3 Å². The fourth-order valence-corrected chi connectivity index (χ4v) is 2.84. The number of rotatable bonds is 2. The van der Waals surface area contributed by atoms with Crippen molar-refractivity contribution in [3.05, 3.63) is 81.7 Å². The average Bonchev–Trinajstić information content (AvgIpc) is 3.11. The summed E-state index contributed by atoms with van der Waals surface area (Å²) in [6.45, 7) is 0. The fourth-order valence-electron chi connectivity index (χ4n) is 2.84. The molecule has 0 fully saturated rings. The number of H-pyrrole nitrogens is 1. The van der Waals surface area contributed by atoms with E-state index >= 15 is 0 Å². The summed E-state index contributed by atoms with van der Waals surface area (Å²) in [6, 6.07) is 18.0. The number of fused-ring (bicyclic) bond motifs is 1. The standard InChI is InChI=1S/C18H13NO2/c20-18-16(15-10-13-8-4-5-9-14(13)11-15)17(19-21-18)12-6-2-1-3-7-12/h1-10,19H,11H2. The number of hydrogen-bond donors (Lipinski definition) is 1. The van der Waals surface area contributed by atoms with E-state index in [1.165, 1.54) is 11.1 Å². The molecule has 0 radical (unpaired) electrons. The lowest BCUT2D eigenvalue weighted by Gasteiger charge is -2.02. The maximum Gasteiger partial charge on any atom is 0.365 e. The van der Waals surface area contributed by atoms with Crippen LogP contribution in [0.2, 0.25) is 0 Å². The molecule has 1 aliphatic rings. The van der Waals surface area contributed by atoms with Crippen LogP contribution in [0.1, 0.15) is 16.7 Å². The molecule has 0 saturated carbocycles. The van der Waals surface area contributed by atoms with Crippen molar-refractivity contribution >= 4 is 11.6 Å². The molecule has 0 atom stereocenters. The normalized spacial score (nSPS) is 13.0. The molecule has 0 amide bonds. The van der Waals surface area contributed by atoms with Crippen LogP contribution in [0, 0.1) is 0 Å². The summed E-state index contributed by atoms with van der Waals surface area (Å²) in [5, 5.41) is 2.77. The number of allylic oxidation sites excluding steroid dienone is 1. The van der Waals surface area contributed by atoms with Gasteiger partial charge in [-0.15, -0.1) is 0 Å². The van der Waals surface area contributed by atoms with Gasteiger partial charge in [-0.1, -0.05) is 60.7 Å². The van der Waals surface area contributed by atoms with Crippen molar-refractivity contribution < 1.29 is 4.52 Å². The highest BCUT2D eigenvalue weighted by Crippen LogP contribution is 2.34. The molecular weight excluding hydrogens is 262 g/mol. The summed E-state index contributed by atoms with van der Waals surface area (Å²) in [6.07, 6.45) is 2.83. The van der Waals surface area contributed by atoms with E-state index in [2.05, 4.69) is 23.4 Å². The van der Waals surface area contributed by atoms with E-state index in [9.17, 15) is 4.79 Å². The Hall–Kier alpha value is -2.81. The first kappa shape index (κ1) is 12.0. The molecule has 3 aromatic rings. The summed E-state index contributed by atoms with van der Waals surface area (Å²) in [7, 11) is 0. The lowest BCUT2D eigenvalue weighted by Crippen LogP contribution is -2.02. The summed E-state index contributed by atoms with van der Waals surface area (Å²) >= 11 is 0. The van der Waals surface area contributed by atoms with Gasteiger partial charge in [0, 0.05) is 5.56 Å². The first-order valence-electron chi connectivity index (χ1n) is 6.88. The van der Waals surface area contributed by atoms with Gasteiger partial charge in [-0.25, -0.2) is 9.95 Å². The van der Waals surface area contributed by atoms with E-state index in [-0.39, 0.29) is 5.63 Å². The lowest BCUT2D eigenvalue weighted by molar-refractivity contribution is 0.393. The third-order valence-electron chi connectivity index (χ3n) is 3.85. The van der Waals surface area contributed by atoms with Crippen LogP contribution in [0.3, 0.4) is 0 Å². The minimum atomic E-state index is -0.312. The molecule has 102 valence electrons. The molecule has 1 aromatic heterocycles. The molecule has 1 aliphatic carbocycles. The van der Waals surface area contributed by atoms with Crippen LogP contribution in [-0.2, 0) is 6.42 Å². The van der Waals surface area contributed by atoms with Crippen LogP contribution < -0.4 is 5.63 Å². The number of aromatic amines is 1. The highest BCUT2D eigenvalue weighted by molar-refractivity contribution is 5.92. The van der Waals surface area contributed by atoms with Crippen molar-refractivity contribution in [1.82, 2.24) is 5.16 Å². The molecule has 0 spiro atoms. The Morgan fingerprint density at radius 1 is 0.952 bits per heavy atom. The zero-order valence-corrected chi connectivity index (χ0v) is 11.3. The molecule has 1 N–H and O–H groups in total. The molecule has 0 unspecified atom stereocenters. The van der Waals surface area contributed by atoms with Crippen molar-refractivity contribution in [3.63, 3.8) is 0 Å². The first-order chi connectivity index (χ1) is 10.3. The van der Waals surface area contributed by atoms with Gasteiger partial charge in [0.25, 0.3) is 0 Å². The molecule has 0 bridgehead atoms. The quantitative estimate of drug-likeness (QED) is 0.774. The second kappa shape index (κ2) is 4.63. The second-order valence-corrected chi connectivity index (χ2v) is 5.15. The highest BCUT2D eigenvalue weighted by atomic mass is 16.5. The maximum absolute atomic E-state index is 12.1. The Labute approximate surface area is 121 Å². The van der Waals surface area contributed by atoms with Gasteiger partial charge in [-0.05, 0) is 23.1 Å². The zero-order valence-electron chi connectivity index (χ0n) is 11.3. The van der Waals surface area contributed by atoms with Crippen LogP contribution in [-0.4, -0.2) is 5.16 Å². The van der Waals surface area contributed by atoms with Crippen LogP contribution in [0.25, 0.3) is 22.9 Å². The molecule has 1 heterocycles. The summed E-state index contributed by atoms with van der Waals surface area (Å²) in [5.74, 6) is 0. The molecule has 3 heteroatoms. The minimum absolute atomic E-state index is 0.312. The van der Waals surface area contributed by atoms with E-state index in [0.717, 1.165) is 23.3 Å². The van der Waals surface area contributed by atoms with Gasteiger partial charge >= 0.3 is 5.63 Å². The van der Waals surface area contributed by atoms with Crippen molar-refractivity contribution in [2.75, 3.05) is 0 Å². The van der Waals surface area contributed by atoms with E-state index < -0.39 is 0 Å². The molecule has 0 aliphatic heterocycles. The number of benzene rings is 2. The largest absolute Gasteiger partial charge is 0.365 e. The predicted molar refractivity (Wildman–Crippen MR) is 82.8 cm³/mol. The molecule has 21 heavy (non-hydrogen) atoms. The maximum atomic E-state index is 12.1. The van der Waals surface area contributed by atoms with E-state index in [1.54, 1.807) is 0 Å². The number of nitrogens with one attached hydrogen (secondary N) is 1. The van der Waals surface area contributed by atoms with E-state index in [0.29, 0.717) is 5.56 Å². The Kier molecular flexibility index (Phi) is 2.64. The third kappa shape index (κ3) is 1.94. The van der Waals surface area contributed by atoms with E-state index in [4.69, 9.17) is 4.52 Å². The first-order valence-corrected chi connectivity index (χ1v) is 6.88. The topological polar surface area (TPSA) is 46.0 Å². The van der Waals surface area contributed by atoms with Crippen molar-refractivity contribution in [2.24, 2.45) is 0 Å². The summed E-state index contributed by atoms with van der Waals surface area (Å²) < 4.78 is 5.04. The van der Waals surface area contributed by atoms with Crippen LogP contribution in [0.15, 0.2) is 63.9 Å². The smallest absolute Gasteiger partial charge is 0.338 e. The van der Waals surface area contributed by atoms with Gasteiger partial charge in [-0.3, -0.25) is 0 Å². The molecule has 4 rings (SSSR count). The lowest BCUT2D eigenvalue weighted by atomic mass is 10.0. The van der Waals surface area contributed by atoms with Gasteiger partial charge < -0.3 is 4.52 Å². The highest BCUT2D eigenvalue weighted by Gasteiger charge is 2.22. The molecule has 3 nitrogen and oxygen atoms in total. The fraction of sp³-hybridized carbons (Fsp3) is 0.0556. The SMILES string of the molecule is O=c1o[nH]c(-c2ccccc2)c1C1=Cc2ccccc2C1. The molecule has 0 saturated heterocycles. The van der Waals surface area contributed by atoms with Gasteiger partial charge in [-0.2, -0.15) is 0 Å². The zero-order chi connectivity index (χ0) is 14.2. The average molecular weight is 275 g/mol. The van der Waals surface area contributed by atoms with Gasteiger partial charge in [0.1, 0.15) is 0 Å². The second-order valence-electron chi connectivity index (χ2n) is 5.15. The monoisotopic (exact) mass is 275 g/mol. The van der Waals surface area contributed by atoms with E-state index in [1.807, 2.05) is 42.5 Å². The van der Waals surface area contributed by atoms with Crippen molar-refractivity contribution in [2.45, 2.75) is 6.42 Å². The Balaban J connectivity index is 1.85. The summed E-state index contributed by atoms with van der Waals surface area (Å²) in [4.78, 5) is 12.1. The molecular formula is C18H13NO2. The summed E-state index contributed by atoms with van der Waals surface area (Å²) in [5.41, 5.74) is 5.45. The number of hydrogen-bond acceptors (Lipinski definition) is 2. The third-order valence-corrected chi connectivity index (χ3v) is 3.85. The Bertz CT molecular complexity index is 885. The minimum Gasteiger partial charge on any atom is -0.338 e. The molecule has 2 aromatic carbocycles. The Morgan fingerprint density at radius 2 is 1.71 bits per heavy atom. The van der Waals surface area contributed by atoms with Crippen LogP contribution in [0.4, 0.5) is 0 Å². The van der Waals surface area contributed by atoms with Crippen LogP contribution >= 0.6 is 0 Å². The van der Waals surface area contributed by atoms with Crippen LogP contribution in [0.5, 0.6) is 0 Å². The van der Waals surface area contributed by atoms with Gasteiger partial charge in [0.05, 0.1) is 11.3 Å². The van der Waals surface area contributed by atoms with Gasteiger partial charge in [0.2, 0.25) is 0 Å². The predicted octanol–water partition coefficient (Wildman–Crippen LogP) is 3.73.